The monoisotopic (exact) mass is 398 g/mol. The lowest BCUT2D eigenvalue weighted by molar-refractivity contribution is 0.0523. The maximum atomic E-state index is 12.7. The van der Waals surface area contributed by atoms with Gasteiger partial charge < -0.3 is 14.6 Å². The first kappa shape index (κ1) is 19.4. The zero-order valence-corrected chi connectivity index (χ0v) is 17.2. The van der Waals surface area contributed by atoms with Crippen LogP contribution >= 0.6 is 0 Å². The van der Waals surface area contributed by atoms with Crippen molar-refractivity contribution in [1.82, 2.24) is 4.68 Å². The summed E-state index contributed by atoms with van der Waals surface area (Å²) in [7, 11) is 1.50. The van der Waals surface area contributed by atoms with Crippen LogP contribution in [0.5, 0.6) is 11.5 Å². The Hall–Kier alpha value is -2.96. The van der Waals surface area contributed by atoms with Crippen LogP contribution in [0.1, 0.15) is 62.0 Å². The van der Waals surface area contributed by atoms with E-state index in [2.05, 4.69) is 18.9 Å². The van der Waals surface area contributed by atoms with E-state index in [4.69, 9.17) is 9.47 Å². The van der Waals surface area contributed by atoms with Gasteiger partial charge in [0.05, 0.1) is 31.0 Å². The first-order valence-corrected chi connectivity index (χ1v) is 9.93. The second kappa shape index (κ2) is 6.83. The number of carbonyl (C=O) groups excluding carboxylic acids is 1. The van der Waals surface area contributed by atoms with Crippen LogP contribution < -0.4 is 15.2 Å². The number of hydrogen-bond acceptors (Lipinski definition) is 6. The number of phenols is 1. The second-order valence-electron chi connectivity index (χ2n) is 8.18. The van der Waals surface area contributed by atoms with Gasteiger partial charge in [-0.1, -0.05) is 0 Å². The summed E-state index contributed by atoms with van der Waals surface area (Å²) in [5, 5.41) is 12.6. The number of rotatable bonds is 3. The summed E-state index contributed by atoms with van der Waals surface area (Å²) < 4.78 is 12.3. The van der Waals surface area contributed by atoms with Crippen molar-refractivity contribution in [2.45, 2.75) is 51.6 Å². The highest BCUT2D eigenvalue weighted by atomic mass is 16.5. The van der Waals surface area contributed by atoms with Crippen molar-refractivity contribution in [2.75, 3.05) is 18.7 Å². The number of esters is 1. The molecule has 1 aromatic carbocycles. The van der Waals surface area contributed by atoms with Gasteiger partial charge in [-0.15, -0.1) is 0 Å². The molecule has 0 amide bonds. The molecule has 0 spiro atoms. The zero-order valence-electron chi connectivity index (χ0n) is 17.2. The minimum atomic E-state index is -0.617. The normalized spacial score (nSPS) is 19.0. The fourth-order valence-electron chi connectivity index (χ4n) is 4.63. The lowest BCUT2D eigenvalue weighted by Gasteiger charge is -2.53. The summed E-state index contributed by atoms with van der Waals surface area (Å²) in [5.41, 5.74) is 1.88. The summed E-state index contributed by atoms with van der Waals surface area (Å²) in [5.74, 6) is -0.192. The maximum absolute atomic E-state index is 12.7. The highest BCUT2D eigenvalue weighted by Crippen LogP contribution is 2.48. The molecule has 0 unspecified atom stereocenters. The number of phenolic OH excluding ortho intramolecular Hbond substituents is 1. The number of benzene rings is 1. The second-order valence-corrected chi connectivity index (χ2v) is 8.18. The van der Waals surface area contributed by atoms with Crippen LogP contribution in [0.3, 0.4) is 0 Å². The molecule has 1 saturated heterocycles. The average molecular weight is 398 g/mol. The van der Waals surface area contributed by atoms with Gasteiger partial charge in [0.2, 0.25) is 0 Å². The van der Waals surface area contributed by atoms with Crippen molar-refractivity contribution in [3.8, 4) is 22.8 Å². The number of ether oxygens (including phenoxy) is 2. The Morgan fingerprint density at radius 3 is 2.76 bits per heavy atom. The molecular weight excluding hydrogens is 372 g/mol. The van der Waals surface area contributed by atoms with Crippen LogP contribution in [-0.4, -0.2) is 35.0 Å². The van der Waals surface area contributed by atoms with Gasteiger partial charge in [-0.2, -0.15) is 0 Å². The Morgan fingerprint density at radius 1 is 1.31 bits per heavy atom. The van der Waals surface area contributed by atoms with Gasteiger partial charge in [0.15, 0.2) is 16.9 Å². The van der Waals surface area contributed by atoms with Crippen LogP contribution in [0.4, 0.5) is 0 Å². The minimum absolute atomic E-state index is 0.00982. The fourth-order valence-corrected chi connectivity index (χ4v) is 4.63. The summed E-state index contributed by atoms with van der Waals surface area (Å²) in [6, 6.07) is 4.98. The lowest BCUT2D eigenvalue weighted by Crippen LogP contribution is -2.57. The summed E-state index contributed by atoms with van der Waals surface area (Å²) in [6.07, 6.45) is 4.52. The van der Waals surface area contributed by atoms with Gasteiger partial charge in [0, 0.05) is 17.8 Å². The van der Waals surface area contributed by atoms with Gasteiger partial charge >= 0.3 is 5.97 Å². The molecule has 4 rings (SSSR count). The number of aromatic hydroxyl groups is 1. The molecule has 2 aromatic rings. The number of hydrogen-bond donors (Lipinski definition) is 1. The van der Waals surface area contributed by atoms with Crippen LogP contribution in [0.25, 0.3) is 11.3 Å². The Morgan fingerprint density at radius 2 is 2.07 bits per heavy atom. The van der Waals surface area contributed by atoms with E-state index in [9.17, 15) is 14.7 Å². The molecular formula is C22H26N2O5. The quantitative estimate of drug-likeness (QED) is 0.799. The molecule has 2 aliphatic rings. The van der Waals surface area contributed by atoms with E-state index >= 15 is 0 Å². The number of piperidine rings is 1. The molecule has 1 N–H and O–H groups in total. The van der Waals surface area contributed by atoms with Gasteiger partial charge in [-0.05, 0) is 57.7 Å². The molecule has 7 heteroatoms. The molecule has 3 heterocycles. The molecule has 0 aliphatic carbocycles. The number of methoxy groups -OCH3 is 1. The predicted molar refractivity (Wildman–Crippen MR) is 109 cm³/mol. The number of carbonyl (C=O) groups is 1. The van der Waals surface area contributed by atoms with E-state index in [-0.39, 0.29) is 34.9 Å². The van der Waals surface area contributed by atoms with E-state index < -0.39 is 5.97 Å². The third kappa shape index (κ3) is 2.96. The number of fused-ring (bicyclic) bond motifs is 6. The molecule has 0 bridgehead atoms. The Balaban J connectivity index is 2.01. The Bertz CT molecular complexity index is 1040. The molecule has 29 heavy (non-hydrogen) atoms. The predicted octanol–water partition coefficient (Wildman–Crippen LogP) is 3.36. The molecule has 2 aliphatic heterocycles. The lowest BCUT2D eigenvalue weighted by atomic mass is 9.82. The average Bonchev–Trinajstić information content (AvgIpc) is 2.67. The highest BCUT2D eigenvalue weighted by molar-refractivity contribution is 5.89. The maximum Gasteiger partial charge on any atom is 0.343 e. The molecule has 1 fully saturated rings. The summed E-state index contributed by atoms with van der Waals surface area (Å²) in [4.78, 5) is 25.1. The van der Waals surface area contributed by atoms with E-state index in [1.165, 1.54) is 13.2 Å². The van der Waals surface area contributed by atoms with Crippen molar-refractivity contribution in [2.24, 2.45) is 0 Å². The van der Waals surface area contributed by atoms with Crippen molar-refractivity contribution in [3.05, 3.63) is 45.7 Å². The standard InChI is InChI=1S/C22H26N2O5/c1-5-29-21(27)15-12-23-17(11-18(15)25)14-10-20(28-4)19(26)9-13(14)16-7-6-8-22(2,3)24(16)23/h9-12,16,26H,5-8H2,1-4H3/t16-/m1/s1. The van der Waals surface area contributed by atoms with Crippen LogP contribution in [0.15, 0.2) is 29.2 Å². The molecule has 0 saturated carbocycles. The summed E-state index contributed by atoms with van der Waals surface area (Å²) in [6.45, 7) is 6.22. The smallest absolute Gasteiger partial charge is 0.343 e. The Labute approximate surface area is 169 Å². The van der Waals surface area contributed by atoms with Crippen LogP contribution in [-0.2, 0) is 4.74 Å². The molecule has 1 aromatic heterocycles. The van der Waals surface area contributed by atoms with E-state index in [1.807, 2.05) is 4.68 Å². The van der Waals surface area contributed by atoms with Gasteiger partial charge in [-0.25, -0.2) is 4.79 Å². The number of aromatic nitrogens is 1. The van der Waals surface area contributed by atoms with Gasteiger partial charge in [-0.3, -0.25) is 14.5 Å². The topological polar surface area (TPSA) is 81.0 Å². The third-order valence-corrected chi connectivity index (χ3v) is 5.93. The molecule has 1 atom stereocenters. The van der Waals surface area contributed by atoms with E-state index in [1.54, 1.807) is 25.3 Å². The van der Waals surface area contributed by atoms with Gasteiger partial charge in [0.25, 0.3) is 0 Å². The zero-order chi connectivity index (χ0) is 20.9. The number of nitrogens with zero attached hydrogens (tertiary/aromatic N) is 2. The minimum Gasteiger partial charge on any atom is -0.504 e. The van der Waals surface area contributed by atoms with Crippen molar-refractivity contribution >= 4 is 5.97 Å². The summed E-state index contributed by atoms with van der Waals surface area (Å²) >= 11 is 0. The molecule has 0 radical (unpaired) electrons. The van der Waals surface area contributed by atoms with Crippen LogP contribution in [0, 0.1) is 0 Å². The molecule has 154 valence electrons. The van der Waals surface area contributed by atoms with Crippen molar-refractivity contribution in [1.29, 1.82) is 0 Å². The first-order valence-electron chi connectivity index (χ1n) is 9.93. The number of pyridine rings is 1. The first-order chi connectivity index (χ1) is 13.8. The highest BCUT2D eigenvalue weighted by Gasteiger charge is 2.42. The van der Waals surface area contributed by atoms with E-state index in [0.29, 0.717) is 11.4 Å². The van der Waals surface area contributed by atoms with E-state index in [0.717, 1.165) is 30.4 Å². The SMILES string of the molecule is CCOC(=O)c1cn2c(cc1=O)-c1cc(OC)c(O)cc1[C@H]1CCCC(C)(C)N12. The van der Waals surface area contributed by atoms with Crippen molar-refractivity contribution in [3.63, 3.8) is 0 Å². The van der Waals surface area contributed by atoms with Gasteiger partial charge in [0.1, 0.15) is 5.56 Å². The van der Waals surface area contributed by atoms with Crippen LogP contribution in [0.2, 0.25) is 0 Å². The Kier molecular flexibility index (Phi) is 4.56. The molecule has 7 nitrogen and oxygen atoms in total. The third-order valence-electron chi connectivity index (χ3n) is 5.93. The fraction of sp³-hybridized carbons (Fsp3) is 0.455. The largest absolute Gasteiger partial charge is 0.504 e. The van der Waals surface area contributed by atoms with Crippen molar-refractivity contribution < 1.29 is 19.4 Å².